The fourth-order valence-corrected chi connectivity index (χ4v) is 2.47. The molecule has 0 spiro atoms. The summed E-state index contributed by atoms with van der Waals surface area (Å²) in [6.07, 6.45) is 6.46. The van der Waals surface area contributed by atoms with Gasteiger partial charge in [0.25, 0.3) is 0 Å². The maximum Gasteiger partial charge on any atom is 0.123 e. The largest absolute Gasteiger partial charge is 0.265 e. The third-order valence-electron chi connectivity index (χ3n) is 3.27. The van der Waals surface area contributed by atoms with Gasteiger partial charge in [-0.15, -0.1) is 0 Å². The Labute approximate surface area is 107 Å². The zero-order chi connectivity index (χ0) is 12.4. The second kappa shape index (κ2) is 4.26. The highest BCUT2D eigenvalue weighted by Gasteiger charge is 2.27. The number of hydrogen-bond acceptors (Lipinski definition) is 1. The van der Waals surface area contributed by atoms with Crippen LogP contribution in [-0.2, 0) is 5.54 Å². The molecule has 1 heterocycles. The molecule has 88 valence electrons. The Kier molecular flexibility index (Phi) is 2.60. The smallest absolute Gasteiger partial charge is 0.123 e. The molecule has 18 heavy (non-hydrogen) atoms. The second-order valence-corrected chi connectivity index (χ2v) is 4.51. The normalized spacial score (nSPS) is 21.4. The molecular formula is C17H15N. The maximum absolute atomic E-state index is 4.90. The zero-order valence-corrected chi connectivity index (χ0v) is 10.4. The zero-order valence-electron chi connectivity index (χ0n) is 10.4. The topological polar surface area (TPSA) is 12.4 Å². The van der Waals surface area contributed by atoms with Gasteiger partial charge in [0.05, 0.1) is 5.36 Å². The van der Waals surface area contributed by atoms with Crippen LogP contribution in [0, 0.1) is 0 Å². The van der Waals surface area contributed by atoms with Gasteiger partial charge in [-0.05, 0) is 29.8 Å². The highest BCUT2D eigenvalue weighted by Crippen LogP contribution is 2.30. The minimum absolute atomic E-state index is 0.334. The van der Waals surface area contributed by atoms with Crippen molar-refractivity contribution in [2.45, 2.75) is 12.5 Å². The lowest BCUT2D eigenvalue weighted by Gasteiger charge is -2.20. The van der Waals surface area contributed by atoms with Crippen molar-refractivity contribution in [3.8, 4) is 0 Å². The van der Waals surface area contributed by atoms with Crippen molar-refractivity contribution < 1.29 is 0 Å². The Morgan fingerprint density at radius 3 is 2.39 bits per heavy atom. The molecule has 0 aliphatic carbocycles. The van der Waals surface area contributed by atoms with E-state index in [0.29, 0.717) is 0 Å². The number of nitrogens with zero attached hydrogens (tertiary/aromatic N) is 1. The summed E-state index contributed by atoms with van der Waals surface area (Å²) in [5.41, 5.74) is 0.874. The van der Waals surface area contributed by atoms with Crippen LogP contribution in [0.2, 0.25) is 0 Å². The van der Waals surface area contributed by atoms with Crippen LogP contribution in [0.4, 0.5) is 0 Å². The van der Waals surface area contributed by atoms with E-state index >= 15 is 0 Å². The van der Waals surface area contributed by atoms with Gasteiger partial charge in [0.15, 0.2) is 0 Å². The van der Waals surface area contributed by atoms with Crippen LogP contribution in [0.25, 0.3) is 6.08 Å². The molecule has 2 aromatic rings. The molecule has 0 aromatic heterocycles. The van der Waals surface area contributed by atoms with Crippen LogP contribution in [0.3, 0.4) is 0 Å². The van der Waals surface area contributed by atoms with Crippen molar-refractivity contribution in [2.24, 2.45) is 4.99 Å². The Balaban J connectivity index is 2.27. The van der Waals surface area contributed by atoms with E-state index < -0.39 is 0 Å². The number of hydrogen-bond donors (Lipinski definition) is 0. The van der Waals surface area contributed by atoms with Gasteiger partial charge in [0.1, 0.15) is 5.54 Å². The first-order valence-corrected chi connectivity index (χ1v) is 6.21. The van der Waals surface area contributed by atoms with Gasteiger partial charge in [-0.3, -0.25) is 4.99 Å². The summed E-state index contributed by atoms with van der Waals surface area (Å²) in [6, 6.07) is 18.7. The lowest BCUT2D eigenvalue weighted by Crippen LogP contribution is -2.19. The molecule has 0 radical (unpaired) electrons. The van der Waals surface area contributed by atoms with Crippen LogP contribution < -0.4 is 10.6 Å². The van der Waals surface area contributed by atoms with Gasteiger partial charge < -0.3 is 0 Å². The third kappa shape index (κ3) is 1.68. The van der Waals surface area contributed by atoms with Gasteiger partial charge in [-0.2, -0.15) is 0 Å². The summed E-state index contributed by atoms with van der Waals surface area (Å²) in [5, 5.41) is 2.28. The predicted molar refractivity (Wildman–Crippen MR) is 74.6 cm³/mol. The molecule has 0 bridgehead atoms. The molecular weight excluding hydrogens is 218 g/mol. The second-order valence-electron chi connectivity index (χ2n) is 4.51. The van der Waals surface area contributed by atoms with E-state index in [2.05, 4.69) is 60.7 Å². The van der Waals surface area contributed by atoms with Crippen LogP contribution in [-0.4, -0.2) is 0 Å². The predicted octanol–water partition coefficient (Wildman–Crippen LogP) is 2.57. The molecule has 1 aliphatic rings. The maximum atomic E-state index is 4.90. The Morgan fingerprint density at radius 2 is 1.67 bits per heavy atom. The van der Waals surface area contributed by atoms with Crippen molar-refractivity contribution in [1.82, 2.24) is 0 Å². The Morgan fingerprint density at radius 1 is 0.944 bits per heavy atom. The highest BCUT2D eigenvalue weighted by molar-refractivity contribution is 5.53. The summed E-state index contributed by atoms with van der Waals surface area (Å²) in [7, 11) is 0. The minimum atomic E-state index is -0.334. The number of allylic oxidation sites excluding steroid dienone is 1. The summed E-state index contributed by atoms with van der Waals surface area (Å²) in [4.78, 5) is 4.90. The van der Waals surface area contributed by atoms with E-state index in [-0.39, 0.29) is 5.54 Å². The van der Waals surface area contributed by atoms with E-state index in [1.54, 1.807) is 0 Å². The molecule has 1 unspecified atom stereocenters. The average molecular weight is 233 g/mol. The summed E-state index contributed by atoms with van der Waals surface area (Å²) < 4.78 is 0. The summed E-state index contributed by atoms with van der Waals surface area (Å²) in [6.45, 7) is 2.04. The fourth-order valence-electron chi connectivity index (χ4n) is 2.47. The van der Waals surface area contributed by atoms with Gasteiger partial charge in [0.2, 0.25) is 0 Å². The molecule has 1 aliphatic heterocycles. The fraction of sp³-hybridized carbons (Fsp3) is 0.118. The summed E-state index contributed by atoms with van der Waals surface area (Å²) >= 11 is 0. The molecule has 1 nitrogen and oxygen atoms in total. The van der Waals surface area contributed by atoms with Crippen molar-refractivity contribution in [3.63, 3.8) is 0 Å². The molecule has 3 rings (SSSR count). The molecule has 0 saturated heterocycles. The van der Waals surface area contributed by atoms with Crippen molar-refractivity contribution in [2.75, 3.05) is 0 Å². The van der Waals surface area contributed by atoms with Gasteiger partial charge in [-0.1, -0.05) is 60.7 Å². The standard InChI is InChI=1S/C17H15N/c1-2-12-17(15-9-4-3-5-10-15)13-14-8-6-7-11-16(14)18-17/h2-13H,1H3. The van der Waals surface area contributed by atoms with E-state index in [1.165, 1.54) is 10.8 Å². The lowest BCUT2D eigenvalue weighted by atomic mass is 9.90. The molecule has 0 N–H and O–H groups in total. The quantitative estimate of drug-likeness (QED) is 0.707. The van der Waals surface area contributed by atoms with Gasteiger partial charge >= 0.3 is 0 Å². The van der Waals surface area contributed by atoms with Gasteiger partial charge in [0, 0.05) is 0 Å². The first-order chi connectivity index (χ1) is 8.84. The van der Waals surface area contributed by atoms with E-state index in [4.69, 9.17) is 4.99 Å². The monoisotopic (exact) mass is 233 g/mol. The van der Waals surface area contributed by atoms with Crippen LogP contribution >= 0.6 is 0 Å². The molecule has 0 fully saturated rings. The number of para-hydroxylation sites is 1. The molecule has 2 aromatic carbocycles. The Hall–Kier alpha value is -2.15. The first kappa shape index (κ1) is 11.0. The molecule has 1 atom stereocenters. The van der Waals surface area contributed by atoms with Crippen molar-refractivity contribution in [1.29, 1.82) is 0 Å². The average Bonchev–Trinajstić information content (AvgIpc) is 2.79. The van der Waals surface area contributed by atoms with Crippen molar-refractivity contribution >= 4 is 6.08 Å². The molecule has 0 amide bonds. The van der Waals surface area contributed by atoms with Gasteiger partial charge in [-0.25, -0.2) is 0 Å². The van der Waals surface area contributed by atoms with Crippen LogP contribution in [0.1, 0.15) is 12.5 Å². The van der Waals surface area contributed by atoms with E-state index in [1.807, 2.05) is 19.1 Å². The van der Waals surface area contributed by atoms with E-state index in [9.17, 15) is 0 Å². The van der Waals surface area contributed by atoms with Crippen molar-refractivity contribution in [3.05, 3.63) is 82.9 Å². The SMILES string of the molecule is CC=CC1(c2ccccc2)C=c2ccccc2=N1. The first-order valence-electron chi connectivity index (χ1n) is 6.21. The summed E-state index contributed by atoms with van der Waals surface area (Å²) in [5.74, 6) is 0. The number of benzene rings is 2. The van der Waals surface area contributed by atoms with E-state index in [0.717, 1.165) is 5.36 Å². The number of rotatable bonds is 2. The third-order valence-corrected chi connectivity index (χ3v) is 3.27. The molecule has 0 saturated carbocycles. The Bertz CT molecular complexity index is 661. The molecule has 1 heteroatoms. The van der Waals surface area contributed by atoms with Crippen LogP contribution in [0.5, 0.6) is 0 Å². The lowest BCUT2D eigenvalue weighted by molar-refractivity contribution is 0.749. The highest BCUT2D eigenvalue weighted by atomic mass is 14.9. The number of fused-ring (bicyclic) bond motifs is 1. The minimum Gasteiger partial charge on any atom is -0.265 e. The van der Waals surface area contributed by atoms with Crippen LogP contribution in [0.15, 0.2) is 71.7 Å².